The van der Waals surface area contributed by atoms with Crippen molar-refractivity contribution in [2.75, 3.05) is 6.61 Å². The number of amides is 2. The first kappa shape index (κ1) is 20.4. The molecule has 158 valence electrons. The van der Waals surface area contributed by atoms with Gasteiger partial charge in [0.2, 0.25) is 5.91 Å². The zero-order valence-corrected chi connectivity index (χ0v) is 16.9. The van der Waals surface area contributed by atoms with Crippen LogP contribution in [-0.2, 0) is 16.0 Å². The summed E-state index contributed by atoms with van der Waals surface area (Å²) < 4.78 is 19.0. The van der Waals surface area contributed by atoms with Crippen molar-refractivity contribution < 1.29 is 18.7 Å². The van der Waals surface area contributed by atoms with E-state index in [0.29, 0.717) is 25.0 Å². The van der Waals surface area contributed by atoms with E-state index in [2.05, 4.69) is 5.32 Å². The molecule has 5 nitrogen and oxygen atoms in total. The van der Waals surface area contributed by atoms with Crippen LogP contribution in [0.1, 0.15) is 37.7 Å². The number of likely N-dealkylation sites (tertiary alicyclic amines) is 1. The number of hydrogen-bond donors (Lipinski definition) is 1. The van der Waals surface area contributed by atoms with Crippen LogP contribution in [0.4, 0.5) is 4.39 Å². The predicted molar refractivity (Wildman–Crippen MR) is 111 cm³/mol. The summed E-state index contributed by atoms with van der Waals surface area (Å²) in [6, 6.07) is 15.6. The standard InChI is InChI=1S/C24H27FN2O3/c25-18-12-10-17(11-13-18)14-19-15-21-22(8-4-5-9-23(28)26-21)27(19)24(29)16-30-20-6-2-1-3-7-20/h1-3,6-7,10-13,19,21-22H,4-5,8-9,14-16H2,(H,26,28)/t19-,21+,22-/m1/s1. The Balaban J connectivity index is 1.53. The molecule has 0 bridgehead atoms. The van der Waals surface area contributed by atoms with Crippen LogP contribution in [0.5, 0.6) is 5.75 Å². The number of carbonyl (C=O) groups excluding carboxylic acids is 2. The number of ether oxygens (including phenoxy) is 1. The van der Waals surface area contributed by atoms with Crippen molar-refractivity contribution in [3.63, 3.8) is 0 Å². The predicted octanol–water partition coefficient (Wildman–Crippen LogP) is 3.48. The van der Waals surface area contributed by atoms with Crippen LogP contribution in [0.3, 0.4) is 0 Å². The molecule has 6 heteroatoms. The Hall–Kier alpha value is -2.89. The minimum atomic E-state index is -0.275. The van der Waals surface area contributed by atoms with Crippen LogP contribution in [-0.4, -0.2) is 41.4 Å². The molecular formula is C24H27FN2O3. The molecule has 2 aromatic carbocycles. The molecule has 2 saturated heterocycles. The molecule has 0 saturated carbocycles. The van der Waals surface area contributed by atoms with Crippen molar-refractivity contribution in [2.45, 2.75) is 56.7 Å². The molecule has 3 atom stereocenters. The van der Waals surface area contributed by atoms with Gasteiger partial charge in [0.05, 0.1) is 12.1 Å². The average Bonchev–Trinajstić information content (AvgIpc) is 3.06. The third-order valence-electron chi connectivity index (χ3n) is 6.02. The van der Waals surface area contributed by atoms with Crippen LogP contribution < -0.4 is 10.1 Å². The maximum Gasteiger partial charge on any atom is 0.261 e. The number of fused-ring (bicyclic) bond motifs is 1. The second-order valence-electron chi connectivity index (χ2n) is 8.11. The first-order chi connectivity index (χ1) is 14.6. The highest BCUT2D eigenvalue weighted by Crippen LogP contribution is 2.32. The summed E-state index contributed by atoms with van der Waals surface area (Å²) in [7, 11) is 0. The zero-order chi connectivity index (χ0) is 20.9. The number of rotatable bonds is 5. The maximum atomic E-state index is 13.3. The fourth-order valence-corrected chi connectivity index (χ4v) is 4.64. The Morgan fingerprint density at radius 2 is 1.87 bits per heavy atom. The van der Waals surface area contributed by atoms with Gasteiger partial charge in [0.25, 0.3) is 5.91 Å². The number of para-hydroxylation sites is 1. The number of benzene rings is 2. The van der Waals surface area contributed by atoms with Gasteiger partial charge in [-0.15, -0.1) is 0 Å². The van der Waals surface area contributed by atoms with Gasteiger partial charge in [0.1, 0.15) is 11.6 Å². The Morgan fingerprint density at radius 3 is 2.63 bits per heavy atom. The van der Waals surface area contributed by atoms with E-state index in [1.165, 1.54) is 12.1 Å². The van der Waals surface area contributed by atoms with E-state index in [1.54, 1.807) is 12.1 Å². The molecule has 0 aliphatic carbocycles. The second-order valence-corrected chi connectivity index (χ2v) is 8.11. The summed E-state index contributed by atoms with van der Waals surface area (Å²) in [5, 5.41) is 3.13. The lowest BCUT2D eigenvalue weighted by Crippen LogP contribution is -2.50. The number of hydrogen-bond acceptors (Lipinski definition) is 3. The molecule has 2 fully saturated rings. The molecule has 0 radical (unpaired) electrons. The Labute approximate surface area is 176 Å². The van der Waals surface area contributed by atoms with E-state index >= 15 is 0 Å². The first-order valence-corrected chi connectivity index (χ1v) is 10.6. The molecule has 1 N–H and O–H groups in total. The van der Waals surface area contributed by atoms with Crippen molar-refractivity contribution in [1.82, 2.24) is 10.2 Å². The summed E-state index contributed by atoms with van der Waals surface area (Å²) in [5.74, 6) is 0.360. The van der Waals surface area contributed by atoms with Gasteiger partial charge in [0, 0.05) is 12.5 Å². The topological polar surface area (TPSA) is 58.6 Å². The summed E-state index contributed by atoms with van der Waals surface area (Å²) in [4.78, 5) is 27.3. The van der Waals surface area contributed by atoms with Gasteiger partial charge >= 0.3 is 0 Å². The van der Waals surface area contributed by atoms with Crippen LogP contribution in [0.15, 0.2) is 54.6 Å². The highest BCUT2D eigenvalue weighted by Gasteiger charge is 2.44. The van der Waals surface area contributed by atoms with E-state index in [-0.39, 0.29) is 42.4 Å². The molecule has 2 aliphatic rings. The van der Waals surface area contributed by atoms with Crippen LogP contribution in [0, 0.1) is 5.82 Å². The zero-order valence-electron chi connectivity index (χ0n) is 16.9. The summed E-state index contributed by atoms with van der Waals surface area (Å²) in [6.07, 6.45) is 4.48. The Bertz CT molecular complexity index is 872. The molecule has 30 heavy (non-hydrogen) atoms. The van der Waals surface area contributed by atoms with Gasteiger partial charge in [-0.05, 0) is 55.5 Å². The van der Waals surface area contributed by atoms with Crippen molar-refractivity contribution in [3.8, 4) is 5.75 Å². The fourth-order valence-electron chi connectivity index (χ4n) is 4.64. The molecular weight excluding hydrogens is 383 g/mol. The summed E-state index contributed by atoms with van der Waals surface area (Å²) in [6.45, 7) is -0.0406. The van der Waals surface area contributed by atoms with Crippen molar-refractivity contribution >= 4 is 11.8 Å². The second kappa shape index (κ2) is 9.28. The molecule has 2 aromatic rings. The normalized spacial score (nSPS) is 23.8. The molecule has 2 amide bonds. The molecule has 0 spiro atoms. The number of halogens is 1. The highest BCUT2D eigenvalue weighted by molar-refractivity contribution is 5.80. The van der Waals surface area contributed by atoms with Gasteiger partial charge in [-0.2, -0.15) is 0 Å². The van der Waals surface area contributed by atoms with E-state index in [1.807, 2.05) is 35.2 Å². The SMILES string of the molecule is O=C1CCCC[C@@H]2[C@H](C[C@@H](Cc3ccc(F)cc3)N2C(=O)COc2ccccc2)N1. The van der Waals surface area contributed by atoms with E-state index in [4.69, 9.17) is 4.74 Å². The monoisotopic (exact) mass is 410 g/mol. The van der Waals surface area contributed by atoms with E-state index in [0.717, 1.165) is 24.8 Å². The van der Waals surface area contributed by atoms with Gasteiger partial charge in [0.15, 0.2) is 6.61 Å². The molecule has 0 unspecified atom stereocenters. The average molecular weight is 410 g/mol. The molecule has 2 aliphatic heterocycles. The van der Waals surface area contributed by atoms with Crippen LogP contribution in [0.25, 0.3) is 0 Å². The summed E-state index contributed by atoms with van der Waals surface area (Å²) in [5.41, 5.74) is 0.976. The van der Waals surface area contributed by atoms with Gasteiger partial charge in [-0.25, -0.2) is 4.39 Å². The third kappa shape index (κ3) is 4.81. The third-order valence-corrected chi connectivity index (χ3v) is 6.02. The van der Waals surface area contributed by atoms with Crippen molar-refractivity contribution in [3.05, 3.63) is 66.0 Å². The first-order valence-electron chi connectivity index (χ1n) is 10.6. The van der Waals surface area contributed by atoms with Gasteiger partial charge < -0.3 is 15.0 Å². The van der Waals surface area contributed by atoms with Crippen LogP contribution >= 0.6 is 0 Å². The molecule has 4 rings (SSSR count). The van der Waals surface area contributed by atoms with Crippen molar-refractivity contribution in [2.24, 2.45) is 0 Å². The minimum absolute atomic E-state index is 0.0356. The fraction of sp³-hybridized carbons (Fsp3) is 0.417. The van der Waals surface area contributed by atoms with Crippen molar-refractivity contribution in [1.29, 1.82) is 0 Å². The number of nitrogens with zero attached hydrogens (tertiary/aromatic N) is 1. The minimum Gasteiger partial charge on any atom is -0.484 e. The lowest BCUT2D eigenvalue weighted by molar-refractivity contribution is -0.137. The lowest BCUT2D eigenvalue weighted by Gasteiger charge is -2.33. The Morgan fingerprint density at radius 1 is 1.10 bits per heavy atom. The lowest BCUT2D eigenvalue weighted by atomic mass is 9.97. The number of carbonyl (C=O) groups is 2. The Kier molecular flexibility index (Phi) is 6.31. The van der Waals surface area contributed by atoms with Crippen LogP contribution in [0.2, 0.25) is 0 Å². The highest BCUT2D eigenvalue weighted by atomic mass is 19.1. The summed E-state index contributed by atoms with van der Waals surface area (Å²) >= 11 is 0. The smallest absolute Gasteiger partial charge is 0.261 e. The van der Waals surface area contributed by atoms with E-state index in [9.17, 15) is 14.0 Å². The van der Waals surface area contributed by atoms with Gasteiger partial charge in [-0.3, -0.25) is 9.59 Å². The number of nitrogens with one attached hydrogen (secondary N) is 1. The molecule has 0 aromatic heterocycles. The quantitative estimate of drug-likeness (QED) is 0.821. The van der Waals surface area contributed by atoms with E-state index < -0.39 is 0 Å². The van der Waals surface area contributed by atoms with Gasteiger partial charge in [-0.1, -0.05) is 36.8 Å². The molecule has 2 heterocycles. The largest absolute Gasteiger partial charge is 0.484 e. The maximum absolute atomic E-state index is 13.3.